The summed E-state index contributed by atoms with van der Waals surface area (Å²) in [4.78, 5) is 0. The molecule has 0 amide bonds. The lowest BCUT2D eigenvalue weighted by Gasteiger charge is -2.25. The first kappa shape index (κ1) is 10.5. The van der Waals surface area contributed by atoms with E-state index < -0.39 is 0 Å². The van der Waals surface area contributed by atoms with Crippen LogP contribution in [-0.2, 0) is 6.42 Å². The molecule has 14 heavy (non-hydrogen) atoms. The molecule has 2 nitrogen and oxygen atoms in total. The third-order valence-corrected chi connectivity index (χ3v) is 3.44. The van der Waals surface area contributed by atoms with Crippen molar-refractivity contribution in [2.75, 3.05) is 13.2 Å². The monoisotopic (exact) mass is 319 g/mol. The van der Waals surface area contributed by atoms with Gasteiger partial charge < -0.3 is 10.5 Å². The van der Waals surface area contributed by atoms with Crippen LogP contribution in [0.4, 0.5) is 0 Å². The Labute approximate surface area is 100 Å². The minimum Gasteiger partial charge on any atom is -0.492 e. The maximum absolute atomic E-state index is 5.67. The van der Waals surface area contributed by atoms with Crippen molar-refractivity contribution in [3.8, 4) is 5.75 Å². The molecule has 0 saturated carbocycles. The summed E-state index contributed by atoms with van der Waals surface area (Å²) in [6.07, 6.45) is 1.00. The molecule has 0 aromatic heterocycles. The predicted molar refractivity (Wildman–Crippen MR) is 63.6 cm³/mol. The van der Waals surface area contributed by atoms with Crippen LogP contribution < -0.4 is 10.5 Å². The molecule has 0 radical (unpaired) electrons. The molecule has 1 aromatic rings. The highest BCUT2D eigenvalue weighted by atomic mass is 79.9. The summed E-state index contributed by atoms with van der Waals surface area (Å²) in [7, 11) is 0. The molecule has 0 aliphatic carbocycles. The molecule has 1 atom stereocenters. The van der Waals surface area contributed by atoms with Crippen LogP contribution in [0.15, 0.2) is 21.1 Å². The fraction of sp³-hybridized carbons (Fsp3) is 0.400. The van der Waals surface area contributed by atoms with Crippen molar-refractivity contribution in [2.24, 2.45) is 11.7 Å². The fourth-order valence-corrected chi connectivity index (χ4v) is 3.08. The Morgan fingerprint density at radius 1 is 1.43 bits per heavy atom. The van der Waals surface area contributed by atoms with Gasteiger partial charge in [0.1, 0.15) is 5.75 Å². The van der Waals surface area contributed by atoms with E-state index in [1.165, 1.54) is 5.56 Å². The number of benzene rings is 1. The lowest BCUT2D eigenvalue weighted by molar-refractivity contribution is 0.225. The first-order chi connectivity index (χ1) is 6.70. The summed E-state index contributed by atoms with van der Waals surface area (Å²) >= 11 is 6.95. The Morgan fingerprint density at radius 3 is 2.93 bits per heavy atom. The molecule has 0 spiro atoms. The summed E-state index contributed by atoms with van der Waals surface area (Å²) < 4.78 is 7.75. The Balaban J connectivity index is 2.37. The minimum absolute atomic E-state index is 0.448. The van der Waals surface area contributed by atoms with E-state index in [4.69, 9.17) is 10.5 Å². The third kappa shape index (κ3) is 1.97. The fourth-order valence-electron chi connectivity index (χ4n) is 1.65. The quantitative estimate of drug-likeness (QED) is 0.863. The van der Waals surface area contributed by atoms with E-state index in [2.05, 4.69) is 37.9 Å². The van der Waals surface area contributed by atoms with Gasteiger partial charge in [-0.25, -0.2) is 0 Å². The molecule has 2 rings (SSSR count). The van der Waals surface area contributed by atoms with Crippen LogP contribution >= 0.6 is 31.9 Å². The van der Waals surface area contributed by atoms with Crippen molar-refractivity contribution in [2.45, 2.75) is 6.42 Å². The van der Waals surface area contributed by atoms with Crippen molar-refractivity contribution in [3.05, 3.63) is 26.6 Å². The number of hydrogen-bond donors (Lipinski definition) is 1. The van der Waals surface area contributed by atoms with Gasteiger partial charge in [0, 0.05) is 10.4 Å². The van der Waals surface area contributed by atoms with E-state index in [1.807, 2.05) is 6.07 Å². The first-order valence-electron chi connectivity index (χ1n) is 4.51. The maximum Gasteiger partial charge on any atom is 0.136 e. The van der Waals surface area contributed by atoms with Crippen LogP contribution in [-0.4, -0.2) is 13.2 Å². The molecular weight excluding hydrogens is 310 g/mol. The number of halogens is 2. The van der Waals surface area contributed by atoms with Gasteiger partial charge in [0.25, 0.3) is 0 Å². The molecule has 2 N–H and O–H groups in total. The minimum atomic E-state index is 0.448. The van der Waals surface area contributed by atoms with E-state index in [1.54, 1.807) is 0 Å². The van der Waals surface area contributed by atoms with Crippen molar-refractivity contribution in [1.29, 1.82) is 0 Å². The van der Waals surface area contributed by atoms with Crippen LogP contribution in [0.2, 0.25) is 0 Å². The second kappa shape index (κ2) is 4.21. The van der Waals surface area contributed by atoms with E-state index >= 15 is 0 Å². The van der Waals surface area contributed by atoms with Crippen LogP contribution in [0.5, 0.6) is 5.75 Å². The summed E-state index contributed by atoms with van der Waals surface area (Å²) in [5.74, 6) is 1.42. The zero-order valence-electron chi connectivity index (χ0n) is 7.59. The van der Waals surface area contributed by atoms with Crippen molar-refractivity contribution in [3.63, 3.8) is 0 Å². The average Bonchev–Trinajstić information content (AvgIpc) is 2.16. The Bertz CT molecular complexity index is 354. The highest BCUT2D eigenvalue weighted by molar-refractivity contribution is 9.11. The van der Waals surface area contributed by atoms with Crippen molar-refractivity contribution < 1.29 is 4.74 Å². The number of rotatable bonds is 1. The SMILES string of the molecule is NC[C@@H]1COc2c(Br)cc(Br)cc2C1. The standard InChI is InChI=1S/C10H11Br2NO/c11-8-2-7-1-6(4-13)5-14-10(7)9(12)3-8/h2-3,6H,1,4-5,13H2/t6-/m1/s1. The lowest BCUT2D eigenvalue weighted by atomic mass is 9.97. The molecule has 1 heterocycles. The van der Waals surface area contributed by atoms with Crippen molar-refractivity contribution in [1.82, 2.24) is 0 Å². The predicted octanol–water partition coefficient (Wildman–Crippen LogP) is 2.72. The number of hydrogen-bond acceptors (Lipinski definition) is 2. The second-order valence-electron chi connectivity index (χ2n) is 3.49. The largest absolute Gasteiger partial charge is 0.492 e. The van der Waals surface area contributed by atoms with Gasteiger partial charge in [0.05, 0.1) is 11.1 Å². The zero-order chi connectivity index (χ0) is 10.1. The smallest absolute Gasteiger partial charge is 0.136 e. The van der Waals surface area contributed by atoms with E-state index in [0.717, 1.165) is 27.7 Å². The van der Waals surface area contributed by atoms with Gasteiger partial charge in [-0.3, -0.25) is 0 Å². The normalized spacial score (nSPS) is 20.1. The van der Waals surface area contributed by atoms with Gasteiger partial charge in [0.2, 0.25) is 0 Å². The number of ether oxygens (including phenoxy) is 1. The molecule has 1 aliphatic rings. The Kier molecular flexibility index (Phi) is 3.14. The van der Waals surface area contributed by atoms with Crippen LogP contribution in [0.1, 0.15) is 5.56 Å². The molecular formula is C10H11Br2NO. The maximum atomic E-state index is 5.67. The Hall–Kier alpha value is -0.0600. The third-order valence-electron chi connectivity index (χ3n) is 2.39. The summed E-state index contributed by atoms with van der Waals surface area (Å²) in [5.41, 5.74) is 6.86. The second-order valence-corrected chi connectivity index (χ2v) is 5.26. The van der Waals surface area contributed by atoms with Gasteiger partial charge in [-0.1, -0.05) is 15.9 Å². The van der Waals surface area contributed by atoms with E-state index in [9.17, 15) is 0 Å². The van der Waals surface area contributed by atoms with Crippen LogP contribution in [0.25, 0.3) is 0 Å². The van der Waals surface area contributed by atoms with E-state index in [0.29, 0.717) is 12.5 Å². The lowest BCUT2D eigenvalue weighted by Crippen LogP contribution is -2.27. The molecule has 0 fully saturated rings. The van der Waals surface area contributed by atoms with Crippen LogP contribution in [0.3, 0.4) is 0 Å². The molecule has 4 heteroatoms. The summed E-state index contributed by atoms with van der Waals surface area (Å²) in [6, 6.07) is 4.10. The average molecular weight is 321 g/mol. The van der Waals surface area contributed by atoms with E-state index in [-0.39, 0.29) is 0 Å². The molecule has 76 valence electrons. The van der Waals surface area contributed by atoms with Gasteiger partial charge in [-0.2, -0.15) is 0 Å². The van der Waals surface area contributed by atoms with Gasteiger partial charge in [-0.15, -0.1) is 0 Å². The Morgan fingerprint density at radius 2 is 2.21 bits per heavy atom. The summed E-state index contributed by atoms with van der Waals surface area (Å²) in [5, 5.41) is 0. The zero-order valence-corrected chi connectivity index (χ0v) is 10.8. The molecule has 0 unspecified atom stereocenters. The molecule has 0 saturated heterocycles. The highest BCUT2D eigenvalue weighted by Gasteiger charge is 2.20. The van der Waals surface area contributed by atoms with Crippen LogP contribution in [0, 0.1) is 5.92 Å². The highest BCUT2D eigenvalue weighted by Crippen LogP contribution is 2.36. The van der Waals surface area contributed by atoms with Gasteiger partial charge >= 0.3 is 0 Å². The first-order valence-corrected chi connectivity index (χ1v) is 6.10. The van der Waals surface area contributed by atoms with Crippen molar-refractivity contribution >= 4 is 31.9 Å². The van der Waals surface area contributed by atoms with Gasteiger partial charge in [0.15, 0.2) is 0 Å². The summed E-state index contributed by atoms with van der Waals surface area (Å²) in [6.45, 7) is 1.41. The number of fused-ring (bicyclic) bond motifs is 1. The van der Waals surface area contributed by atoms with Gasteiger partial charge in [-0.05, 0) is 46.6 Å². The number of nitrogens with two attached hydrogens (primary N) is 1. The topological polar surface area (TPSA) is 35.2 Å². The molecule has 1 aromatic carbocycles. The molecule has 0 bridgehead atoms. The molecule has 1 aliphatic heterocycles.